The first kappa shape index (κ1) is 23.9. The normalized spacial score (nSPS) is 12.8. The van der Waals surface area contributed by atoms with Crippen molar-refractivity contribution in [2.45, 2.75) is 36.9 Å². The van der Waals surface area contributed by atoms with E-state index in [1.807, 2.05) is 0 Å². The van der Waals surface area contributed by atoms with Gasteiger partial charge in [0.1, 0.15) is 0 Å². The minimum atomic E-state index is -4.98. The maximum atomic E-state index is 13.8. The van der Waals surface area contributed by atoms with Crippen molar-refractivity contribution in [2.24, 2.45) is 0 Å². The van der Waals surface area contributed by atoms with E-state index in [0.29, 0.717) is 11.0 Å². The van der Waals surface area contributed by atoms with E-state index in [1.54, 1.807) is 6.07 Å². The molecule has 0 saturated carbocycles. The van der Waals surface area contributed by atoms with Crippen molar-refractivity contribution in [1.82, 2.24) is 9.97 Å². The fourth-order valence-electron chi connectivity index (χ4n) is 3.53. The Morgan fingerprint density at radius 3 is 2.03 bits per heavy atom. The molecule has 8 nitrogen and oxygen atoms in total. The topological polar surface area (TPSA) is 121 Å². The molecule has 2 N–H and O–H groups in total. The average molecular weight is 504 g/mol. The summed E-state index contributed by atoms with van der Waals surface area (Å²) < 4.78 is 41.1. The summed E-state index contributed by atoms with van der Waals surface area (Å²) in [5, 5.41) is -1.90. The van der Waals surface area contributed by atoms with Crippen molar-refractivity contribution in [3.63, 3.8) is 0 Å². The summed E-state index contributed by atoms with van der Waals surface area (Å²) in [7, 11) is -9.49. The molecule has 1 aromatic heterocycles. The van der Waals surface area contributed by atoms with Crippen molar-refractivity contribution in [3.8, 4) is 0 Å². The lowest BCUT2D eigenvalue weighted by Gasteiger charge is -2.43. The Labute approximate surface area is 190 Å². The highest BCUT2D eigenvalue weighted by molar-refractivity contribution is 7.93. The highest BCUT2D eigenvalue weighted by Gasteiger charge is 2.54. The number of hydrogen-bond donors (Lipinski definition) is 2. The second-order valence-corrected chi connectivity index (χ2v) is 11.4. The number of anilines is 1. The number of aromatic nitrogens is 2. The number of sulfonamides is 1. The second-order valence-electron chi connectivity index (χ2n) is 6.84. The summed E-state index contributed by atoms with van der Waals surface area (Å²) in [6.45, 7) is 3.05. The Hall–Kier alpha value is -1.74. The molecule has 0 unspecified atom stereocenters. The molecule has 31 heavy (non-hydrogen) atoms. The van der Waals surface area contributed by atoms with Crippen LogP contribution in [0, 0.1) is 0 Å². The number of hydrogen-bond acceptors (Lipinski definition) is 5. The standard InChI is InChI=1S/C19H20Cl2N3O5PS/c1-3-19(4-2,30(25,26)27)24(15-5-6-17-18(12-15)23-8-7-22-17)31(28,29)16-10-13(20)9-14(21)11-16/h5-12H,3-4H2,1-2H3,(H2,25,26,27). The summed E-state index contributed by atoms with van der Waals surface area (Å²) in [4.78, 5) is 28.7. The number of benzene rings is 2. The van der Waals surface area contributed by atoms with Gasteiger partial charge in [-0.05, 0) is 49.2 Å². The molecular weight excluding hydrogens is 484 g/mol. The second kappa shape index (κ2) is 8.65. The summed E-state index contributed by atoms with van der Waals surface area (Å²) in [6, 6.07) is 8.16. The van der Waals surface area contributed by atoms with Gasteiger partial charge in [-0.3, -0.25) is 14.5 Å². The Morgan fingerprint density at radius 2 is 1.52 bits per heavy atom. The quantitative estimate of drug-likeness (QED) is 0.443. The Kier molecular flexibility index (Phi) is 6.68. The molecular formula is C19H20Cl2N3O5PS. The minimum absolute atomic E-state index is 0.0381. The van der Waals surface area contributed by atoms with Crippen LogP contribution in [-0.4, -0.2) is 33.5 Å². The lowest BCUT2D eigenvalue weighted by Crippen LogP contribution is -2.51. The zero-order valence-electron chi connectivity index (χ0n) is 16.6. The zero-order chi connectivity index (χ0) is 23.0. The fourth-order valence-corrected chi connectivity index (χ4v) is 7.86. The van der Waals surface area contributed by atoms with E-state index in [-0.39, 0.29) is 33.5 Å². The van der Waals surface area contributed by atoms with Gasteiger partial charge in [0, 0.05) is 22.4 Å². The first-order valence-electron chi connectivity index (χ1n) is 9.24. The summed E-state index contributed by atoms with van der Waals surface area (Å²) in [6.07, 6.45) is 2.62. The summed E-state index contributed by atoms with van der Waals surface area (Å²) in [5.41, 5.74) is 0.913. The van der Waals surface area contributed by atoms with Crippen molar-refractivity contribution in [2.75, 3.05) is 4.31 Å². The first-order chi connectivity index (χ1) is 14.5. The molecule has 0 fully saturated rings. The number of halogens is 2. The number of nitrogens with zero attached hydrogens (tertiary/aromatic N) is 3. The van der Waals surface area contributed by atoms with Gasteiger partial charge in [0.15, 0.2) is 5.28 Å². The van der Waals surface area contributed by atoms with Crippen LogP contribution in [-0.2, 0) is 14.6 Å². The number of rotatable bonds is 7. The molecule has 0 spiro atoms. The van der Waals surface area contributed by atoms with Crippen LogP contribution < -0.4 is 4.31 Å². The van der Waals surface area contributed by atoms with E-state index >= 15 is 0 Å². The van der Waals surface area contributed by atoms with Crippen LogP contribution in [0.25, 0.3) is 11.0 Å². The van der Waals surface area contributed by atoms with Gasteiger partial charge in [-0.2, -0.15) is 0 Å². The van der Waals surface area contributed by atoms with Gasteiger partial charge in [0.2, 0.25) is 0 Å². The molecule has 3 rings (SSSR count). The Bertz CT molecular complexity index is 1260. The third kappa shape index (κ3) is 4.31. The Morgan fingerprint density at radius 1 is 0.968 bits per heavy atom. The van der Waals surface area contributed by atoms with Crippen LogP contribution in [0.2, 0.25) is 10.0 Å². The maximum Gasteiger partial charge on any atom is 0.351 e. The average Bonchev–Trinajstić information content (AvgIpc) is 2.69. The third-order valence-electron chi connectivity index (χ3n) is 5.11. The molecule has 2 aromatic carbocycles. The van der Waals surface area contributed by atoms with Crippen molar-refractivity contribution in [3.05, 3.63) is 58.8 Å². The fraction of sp³-hybridized carbons (Fsp3) is 0.263. The minimum Gasteiger partial charge on any atom is -0.323 e. The van der Waals surface area contributed by atoms with Crippen LogP contribution in [0.4, 0.5) is 5.69 Å². The van der Waals surface area contributed by atoms with E-state index in [4.69, 9.17) is 23.2 Å². The molecule has 0 bridgehead atoms. The van der Waals surface area contributed by atoms with Crippen molar-refractivity contribution >= 4 is 57.5 Å². The van der Waals surface area contributed by atoms with Gasteiger partial charge in [0.05, 0.1) is 21.6 Å². The predicted molar refractivity (Wildman–Crippen MR) is 121 cm³/mol. The van der Waals surface area contributed by atoms with E-state index < -0.39 is 22.9 Å². The SMILES string of the molecule is CCC(CC)(N(c1ccc2nccnc2c1)S(=O)(=O)c1cc(Cl)cc(Cl)c1)P(=O)(O)O. The monoisotopic (exact) mass is 503 g/mol. The van der Waals surface area contributed by atoms with Gasteiger partial charge in [0.25, 0.3) is 10.0 Å². The van der Waals surface area contributed by atoms with Crippen molar-refractivity contribution in [1.29, 1.82) is 0 Å². The maximum absolute atomic E-state index is 13.8. The first-order valence-corrected chi connectivity index (χ1v) is 13.0. The van der Waals surface area contributed by atoms with Gasteiger partial charge < -0.3 is 9.79 Å². The number of fused-ring (bicyclic) bond motifs is 1. The van der Waals surface area contributed by atoms with Crippen LogP contribution in [0.3, 0.4) is 0 Å². The highest BCUT2D eigenvalue weighted by Crippen LogP contribution is 2.58. The molecule has 0 aliphatic carbocycles. The van der Waals surface area contributed by atoms with Gasteiger partial charge in [-0.25, -0.2) is 12.7 Å². The lowest BCUT2D eigenvalue weighted by molar-refractivity contribution is 0.317. The van der Waals surface area contributed by atoms with E-state index in [1.165, 1.54) is 56.6 Å². The van der Waals surface area contributed by atoms with Crippen LogP contribution in [0.15, 0.2) is 53.7 Å². The molecule has 0 atom stereocenters. The summed E-state index contributed by atoms with van der Waals surface area (Å²) >= 11 is 12.0. The van der Waals surface area contributed by atoms with Gasteiger partial charge in [-0.15, -0.1) is 0 Å². The molecule has 1 heterocycles. The van der Waals surface area contributed by atoms with Gasteiger partial charge >= 0.3 is 7.60 Å². The molecule has 3 aromatic rings. The zero-order valence-corrected chi connectivity index (χ0v) is 19.8. The smallest absolute Gasteiger partial charge is 0.323 e. The van der Waals surface area contributed by atoms with Crippen LogP contribution >= 0.6 is 30.8 Å². The largest absolute Gasteiger partial charge is 0.351 e. The van der Waals surface area contributed by atoms with Crippen LogP contribution in [0.5, 0.6) is 0 Å². The van der Waals surface area contributed by atoms with Crippen molar-refractivity contribution < 1.29 is 22.8 Å². The molecule has 0 aliphatic rings. The predicted octanol–water partition coefficient (Wildman–Crippen LogP) is 4.83. The molecule has 0 amide bonds. The molecule has 0 radical (unpaired) electrons. The Balaban J connectivity index is 2.39. The third-order valence-corrected chi connectivity index (χ3v) is 9.48. The molecule has 0 aliphatic heterocycles. The van der Waals surface area contributed by atoms with E-state index in [9.17, 15) is 22.8 Å². The van der Waals surface area contributed by atoms with Gasteiger partial charge in [-0.1, -0.05) is 37.0 Å². The van der Waals surface area contributed by atoms with E-state index in [2.05, 4.69) is 9.97 Å². The summed E-state index contributed by atoms with van der Waals surface area (Å²) in [5.74, 6) is 0. The highest BCUT2D eigenvalue weighted by atomic mass is 35.5. The molecule has 0 saturated heterocycles. The molecule has 12 heteroatoms. The lowest BCUT2D eigenvalue weighted by atomic mass is 10.1. The van der Waals surface area contributed by atoms with E-state index in [0.717, 1.165) is 4.31 Å². The molecule has 166 valence electrons. The van der Waals surface area contributed by atoms with Crippen LogP contribution in [0.1, 0.15) is 26.7 Å².